The molecule has 0 aromatic carbocycles. The minimum absolute atomic E-state index is 0.0162. The molecule has 0 spiro atoms. The first kappa shape index (κ1) is 22.6. The number of hydrogen-bond acceptors (Lipinski definition) is 7. The maximum absolute atomic E-state index is 13.0. The molecule has 2 saturated heterocycles. The van der Waals surface area contributed by atoms with Gasteiger partial charge < -0.3 is 19.4 Å². The van der Waals surface area contributed by atoms with E-state index in [1.165, 1.54) is 4.90 Å². The van der Waals surface area contributed by atoms with Crippen LogP contribution in [-0.4, -0.2) is 99.0 Å². The Morgan fingerprint density at radius 2 is 1.87 bits per heavy atom. The lowest BCUT2D eigenvalue weighted by Gasteiger charge is -2.34. The second kappa shape index (κ2) is 9.40. The molecule has 1 N–H and O–H groups in total. The Labute approximate surface area is 176 Å². The fourth-order valence-corrected chi connectivity index (χ4v) is 4.72. The van der Waals surface area contributed by atoms with Gasteiger partial charge in [-0.25, -0.2) is 32.3 Å². The maximum atomic E-state index is 13.0. The molecule has 0 unspecified atom stereocenters. The van der Waals surface area contributed by atoms with Crippen molar-refractivity contribution in [1.82, 2.24) is 24.5 Å². The van der Waals surface area contributed by atoms with Crippen molar-refractivity contribution in [1.29, 1.82) is 0 Å². The van der Waals surface area contributed by atoms with Crippen LogP contribution in [0.15, 0.2) is 12.4 Å². The number of rotatable bonds is 6. The molecule has 2 amide bonds. The molecular weight excluding hydrogens is 415 g/mol. The van der Waals surface area contributed by atoms with Crippen LogP contribution in [0.1, 0.15) is 19.3 Å². The predicted octanol–water partition coefficient (Wildman–Crippen LogP) is 0.275. The number of nitrogens with zero attached hydrogens (tertiary/aromatic N) is 5. The van der Waals surface area contributed by atoms with Crippen LogP contribution in [0.5, 0.6) is 0 Å². The number of aromatic nitrogens is 2. The van der Waals surface area contributed by atoms with Crippen molar-refractivity contribution in [2.75, 3.05) is 51.5 Å². The van der Waals surface area contributed by atoms with Gasteiger partial charge in [-0.2, -0.15) is 0 Å². The van der Waals surface area contributed by atoms with Crippen LogP contribution in [0.2, 0.25) is 0 Å². The summed E-state index contributed by atoms with van der Waals surface area (Å²) in [5.74, 6) is 0.0217. The Kier molecular flexibility index (Phi) is 7.09. The molecule has 0 saturated carbocycles. The van der Waals surface area contributed by atoms with E-state index in [0.717, 1.165) is 31.5 Å². The van der Waals surface area contributed by atoms with Crippen molar-refractivity contribution in [3.8, 4) is 0 Å². The molecule has 168 valence electrons. The topological polar surface area (TPSA) is 108 Å². The minimum atomic E-state index is -3.40. The predicted molar refractivity (Wildman–Crippen MR) is 109 cm³/mol. The largest absolute Gasteiger partial charge is 0.376 e. The molecule has 30 heavy (non-hydrogen) atoms. The van der Waals surface area contributed by atoms with Gasteiger partial charge in [-0.1, -0.05) is 0 Å². The SMILES string of the molecule is CN(C)C(=O)N1CC[C@@H](NS(C)(=O)=O)[C@H]1COC1CCN(c2ncc(F)cn2)CC1. The Morgan fingerprint density at radius 3 is 2.43 bits per heavy atom. The third-order valence-corrected chi connectivity index (χ3v) is 6.10. The zero-order valence-corrected chi connectivity index (χ0v) is 18.3. The monoisotopic (exact) mass is 444 g/mol. The van der Waals surface area contributed by atoms with Crippen molar-refractivity contribution in [2.24, 2.45) is 0 Å². The van der Waals surface area contributed by atoms with E-state index in [4.69, 9.17) is 4.74 Å². The first-order valence-electron chi connectivity index (χ1n) is 9.93. The lowest BCUT2D eigenvalue weighted by atomic mass is 10.1. The normalized spacial score (nSPS) is 23.1. The lowest BCUT2D eigenvalue weighted by molar-refractivity contribution is 0.00706. The highest BCUT2D eigenvalue weighted by molar-refractivity contribution is 7.88. The van der Waals surface area contributed by atoms with Gasteiger partial charge in [-0.15, -0.1) is 0 Å². The smallest absolute Gasteiger partial charge is 0.319 e. The number of halogens is 1. The number of anilines is 1. The van der Waals surface area contributed by atoms with Crippen LogP contribution in [0.3, 0.4) is 0 Å². The maximum Gasteiger partial charge on any atom is 0.319 e. The number of ether oxygens (including phenoxy) is 1. The van der Waals surface area contributed by atoms with Crippen molar-refractivity contribution in [2.45, 2.75) is 37.5 Å². The number of carbonyl (C=O) groups excluding carboxylic acids is 1. The number of hydrogen-bond donors (Lipinski definition) is 1. The standard InChI is InChI=1S/C18H29FN6O4S/c1-23(2)18(26)25-9-6-15(22-30(3,27)28)16(25)12-29-14-4-7-24(8-5-14)17-20-10-13(19)11-21-17/h10-11,14-16,22H,4-9,12H2,1-3H3/t15-,16-/m1/s1. The number of urea groups is 1. The van der Waals surface area contributed by atoms with Crippen molar-refractivity contribution >= 4 is 22.0 Å². The third-order valence-electron chi connectivity index (χ3n) is 5.37. The zero-order chi connectivity index (χ0) is 21.9. The minimum Gasteiger partial charge on any atom is -0.376 e. The molecule has 3 heterocycles. The molecule has 2 aliphatic heterocycles. The summed E-state index contributed by atoms with van der Waals surface area (Å²) in [6.07, 6.45) is 5.42. The summed E-state index contributed by atoms with van der Waals surface area (Å²) in [4.78, 5) is 25.7. The van der Waals surface area contributed by atoms with E-state index in [2.05, 4.69) is 14.7 Å². The molecule has 10 nitrogen and oxygen atoms in total. The summed E-state index contributed by atoms with van der Waals surface area (Å²) >= 11 is 0. The molecule has 3 rings (SSSR count). The summed E-state index contributed by atoms with van der Waals surface area (Å²) in [5.41, 5.74) is 0. The fraction of sp³-hybridized carbons (Fsp3) is 0.722. The molecule has 0 bridgehead atoms. The second-order valence-electron chi connectivity index (χ2n) is 7.94. The Hall–Kier alpha value is -2.05. The van der Waals surface area contributed by atoms with Crippen LogP contribution in [0.4, 0.5) is 15.1 Å². The van der Waals surface area contributed by atoms with Gasteiger partial charge in [0.05, 0.1) is 37.4 Å². The van der Waals surface area contributed by atoms with E-state index in [-0.39, 0.29) is 30.8 Å². The van der Waals surface area contributed by atoms with Crippen molar-refractivity contribution < 1.29 is 22.3 Å². The Bertz CT molecular complexity index is 830. The summed E-state index contributed by atoms with van der Waals surface area (Å²) in [6.45, 7) is 2.07. The summed E-state index contributed by atoms with van der Waals surface area (Å²) in [6, 6.07) is -0.908. The summed E-state index contributed by atoms with van der Waals surface area (Å²) in [5, 5.41) is 0. The number of amides is 2. The zero-order valence-electron chi connectivity index (χ0n) is 17.5. The first-order chi connectivity index (χ1) is 14.1. The summed E-state index contributed by atoms with van der Waals surface area (Å²) in [7, 11) is -0.0555. The van der Waals surface area contributed by atoms with Crippen LogP contribution in [0, 0.1) is 5.82 Å². The average molecular weight is 445 g/mol. The molecule has 1 aromatic rings. The van der Waals surface area contributed by atoms with Gasteiger partial charge in [0.15, 0.2) is 5.82 Å². The lowest BCUT2D eigenvalue weighted by Crippen LogP contribution is -2.52. The molecule has 12 heteroatoms. The molecule has 0 aliphatic carbocycles. The molecular formula is C18H29FN6O4S. The van der Waals surface area contributed by atoms with E-state index >= 15 is 0 Å². The number of carbonyl (C=O) groups is 1. The van der Waals surface area contributed by atoms with E-state index in [1.807, 2.05) is 4.90 Å². The van der Waals surface area contributed by atoms with Gasteiger partial charge in [-0.05, 0) is 19.3 Å². The number of likely N-dealkylation sites (tertiary alicyclic amines) is 1. The summed E-state index contributed by atoms with van der Waals surface area (Å²) < 4.78 is 45.2. The van der Waals surface area contributed by atoms with Gasteiger partial charge >= 0.3 is 6.03 Å². The highest BCUT2D eigenvalue weighted by Gasteiger charge is 2.39. The number of piperidine rings is 1. The molecule has 2 aliphatic rings. The van der Waals surface area contributed by atoms with Gasteiger partial charge in [0, 0.05) is 39.8 Å². The second-order valence-corrected chi connectivity index (χ2v) is 9.72. The fourth-order valence-electron chi connectivity index (χ4n) is 3.89. The van der Waals surface area contributed by atoms with Gasteiger partial charge in [0.1, 0.15) is 0 Å². The van der Waals surface area contributed by atoms with Crippen LogP contribution in [-0.2, 0) is 14.8 Å². The quantitative estimate of drug-likeness (QED) is 0.671. The van der Waals surface area contributed by atoms with Gasteiger partial charge in [0.2, 0.25) is 16.0 Å². The van der Waals surface area contributed by atoms with Crippen LogP contribution >= 0.6 is 0 Å². The van der Waals surface area contributed by atoms with Crippen LogP contribution in [0.25, 0.3) is 0 Å². The average Bonchev–Trinajstić information content (AvgIpc) is 3.07. The highest BCUT2D eigenvalue weighted by atomic mass is 32.2. The Morgan fingerprint density at radius 1 is 1.23 bits per heavy atom. The van der Waals surface area contributed by atoms with Gasteiger partial charge in [0.25, 0.3) is 0 Å². The number of nitrogens with one attached hydrogen (secondary N) is 1. The third kappa shape index (κ3) is 5.76. The molecule has 0 radical (unpaired) electrons. The van der Waals surface area contributed by atoms with Crippen LogP contribution < -0.4 is 9.62 Å². The van der Waals surface area contributed by atoms with E-state index in [0.29, 0.717) is 32.0 Å². The molecule has 1 aromatic heterocycles. The van der Waals surface area contributed by atoms with E-state index < -0.39 is 15.8 Å². The van der Waals surface area contributed by atoms with Crippen molar-refractivity contribution in [3.63, 3.8) is 0 Å². The van der Waals surface area contributed by atoms with E-state index in [1.54, 1.807) is 19.0 Å². The van der Waals surface area contributed by atoms with Gasteiger partial charge in [-0.3, -0.25) is 0 Å². The highest BCUT2D eigenvalue weighted by Crippen LogP contribution is 2.23. The number of sulfonamides is 1. The van der Waals surface area contributed by atoms with Crippen molar-refractivity contribution in [3.05, 3.63) is 18.2 Å². The molecule has 2 atom stereocenters. The first-order valence-corrected chi connectivity index (χ1v) is 11.8. The Balaban J connectivity index is 1.57. The van der Waals surface area contributed by atoms with E-state index in [9.17, 15) is 17.6 Å². The molecule has 2 fully saturated rings.